The SMILES string of the molecule is Nc1oc(C(F)(F)F)cc1C(=O)c1cccc(Br)c1. The van der Waals surface area contributed by atoms with Gasteiger partial charge in [0.15, 0.2) is 5.78 Å². The normalized spacial score (nSPS) is 11.6. The van der Waals surface area contributed by atoms with Crippen LogP contribution in [0.4, 0.5) is 19.1 Å². The van der Waals surface area contributed by atoms with Crippen LogP contribution in [-0.4, -0.2) is 5.78 Å². The Kier molecular flexibility index (Phi) is 3.40. The number of anilines is 1. The van der Waals surface area contributed by atoms with Gasteiger partial charge in [0.05, 0.1) is 5.56 Å². The van der Waals surface area contributed by atoms with Gasteiger partial charge in [0.1, 0.15) is 0 Å². The van der Waals surface area contributed by atoms with Crippen LogP contribution in [0.1, 0.15) is 21.7 Å². The molecule has 3 nitrogen and oxygen atoms in total. The van der Waals surface area contributed by atoms with Crippen LogP contribution < -0.4 is 5.73 Å². The van der Waals surface area contributed by atoms with Crippen molar-refractivity contribution >= 4 is 27.6 Å². The maximum atomic E-state index is 12.4. The van der Waals surface area contributed by atoms with Crippen molar-refractivity contribution in [2.75, 3.05) is 5.73 Å². The van der Waals surface area contributed by atoms with Gasteiger partial charge in [-0.2, -0.15) is 13.2 Å². The lowest BCUT2D eigenvalue weighted by Gasteiger charge is -1.99. The Labute approximate surface area is 114 Å². The first kappa shape index (κ1) is 13.7. The molecular formula is C12H7BrF3NO2. The van der Waals surface area contributed by atoms with E-state index in [9.17, 15) is 18.0 Å². The summed E-state index contributed by atoms with van der Waals surface area (Å²) in [4.78, 5) is 12.0. The zero-order chi connectivity index (χ0) is 14.2. The maximum Gasteiger partial charge on any atom is 0.449 e. The maximum absolute atomic E-state index is 12.4. The van der Waals surface area contributed by atoms with E-state index in [0.717, 1.165) is 0 Å². The quantitative estimate of drug-likeness (QED) is 0.848. The summed E-state index contributed by atoms with van der Waals surface area (Å²) in [6.07, 6.45) is -4.68. The van der Waals surface area contributed by atoms with Crippen molar-refractivity contribution in [3.63, 3.8) is 0 Å². The van der Waals surface area contributed by atoms with Gasteiger partial charge in [-0.25, -0.2) is 0 Å². The summed E-state index contributed by atoms with van der Waals surface area (Å²) < 4.78 is 42.3. The second-order valence-electron chi connectivity index (χ2n) is 3.73. The van der Waals surface area contributed by atoms with E-state index in [1.54, 1.807) is 12.1 Å². The monoisotopic (exact) mass is 333 g/mol. The van der Waals surface area contributed by atoms with E-state index in [4.69, 9.17) is 5.73 Å². The molecule has 0 radical (unpaired) electrons. The topological polar surface area (TPSA) is 56.2 Å². The van der Waals surface area contributed by atoms with Crippen molar-refractivity contribution in [3.8, 4) is 0 Å². The fraction of sp³-hybridized carbons (Fsp3) is 0.0833. The largest absolute Gasteiger partial charge is 0.449 e. The van der Waals surface area contributed by atoms with Gasteiger partial charge in [-0.05, 0) is 12.1 Å². The zero-order valence-electron chi connectivity index (χ0n) is 9.29. The van der Waals surface area contributed by atoms with Crippen molar-refractivity contribution in [2.45, 2.75) is 6.18 Å². The highest BCUT2D eigenvalue weighted by atomic mass is 79.9. The molecule has 0 aliphatic heterocycles. The molecule has 1 heterocycles. The minimum Gasteiger partial charge on any atom is -0.436 e. The van der Waals surface area contributed by atoms with Crippen LogP contribution in [0.15, 0.2) is 39.2 Å². The van der Waals surface area contributed by atoms with Crippen LogP contribution in [0.25, 0.3) is 0 Å². The van der Waals surface area contributed by atoms with E-state index in [1.165, 1.54) is 12.1 Å². The predicted molar refractivity (Wildman–Crippen MR) is 65.7 cm³/mol. The summed E-state index contributed by atoms with van der Waals surface area (Å²) in [7, 11) is 0. The van der Waals surface area contributed by atoms with E-state index >= 15 is 0 Å². The molecule has 0 atom stereocenters. The van der Waals surface area contributed by atoms with Crippen LogP contribution >= 0.6 is 15.9 Å². The molecule has 2 rings (SSSR count). The number of hydrogen-bond donors (Lipinski definition) is 1. The van der Waals surface area contributed by atoms with Gasteiger partial charge < -0.3 is 10.2 Å². The van der Waals surface area contributed by atoms with Gasteiger partial charge in [-0.15, -0.1) is 0 Å². The highest BCUT2D eigenvalue weighted by molar-refractivity contribution is 9.10. The van der Waals surface area contributed by atoms with Crippen LogP contribution in [-0.2, 0) is 6.18 Å². The Morgan fingerprint density at radius 3 is 2.47 bits per heavy atom. The van der Waals surface area contributed by atoms with Gasteiger partial charge in [-0.3, -0.25) is 4.79 Å². The number of nitrogen functional groups attached to an aromatic ring is 1. The van der Waals surface area contributed by atoms with Crippen LogP contribution in [0.3, 0.4) is 0 Å². The molecule has 0 spiro atoms. The molecule has 1 aromatic carbocycles. The lowest BCUT2D eigenvalue weighted by molar-refractivity contribution is -0.152. The summed E-state index contributed by atoms with van der Waals surface area (Å²) >= 11 is 3.17. The van der Waals surface area contributed by atoms with Crippen molar-refractivity contribution < 1.29 is 22.4 Å². The van der Waals surface area contributed by atoms with E-state index in [-0.39, 0.29) is 11.1 Å². The molecule has 0 saturated carbocycles. The summed E-state index contributed by atoms with van der Waals surface area (Å²) in [5.74, 6) is -2.46. The molecule has 0 fully saturated rings. The minimum absolute atomic E-state index is 0.218. The molecule has 0 bridgehead atoms. The second kappa shape index (κ2) is 4.73. The first-order valence-electron chi connectivity index (χ1n) is 5.06. The predicted octanol–water partition coefficient (Wildman–Crippen LogP) is 3.87. The molecule has 100 valence electrons. The summed E-state index contributed by atoms with van der Waals surface area (Å²) in [5, 5.41) is 0. The molecule has 7 heteroatoms. The third-order valence-corrected chi connectivity index (χ3v) is 2.86. The molecular weight excluding hydrogens is 327 g/mol. The van der Waals surface area contributed by atoms with E-state index in [0.29, 0.717) is 10.5 Å². The van der Waals surface area contributed by atoms with Crippen molar-refractivity contribution in [2.24, 2.45) is 0 Å². The van der Waals surface area contributed by atoms with Gasteiger partial charge in [-0.1, -0.05) is 28.1 Å². The number of furan rings is 1. The van der Waals surface area contributed by atoms with Crippen molar-refractivity contribution in [1.29, 1.82) is 0 Å². The third-order valence-electron chi connectivity index (χ3n) is 2.37. The lowest BCUT2D eigenvalue weighted by atomic mass is 10.1. The number of alkyl halides is 3. The number of carbonyl (C=O) groups excluding carboxylic acids is 1. The standard InChI is InChI=1S/C12H7BrF3NO2/c13-7-3-1-2-6(4-7)10(18)8-5-9(12(14,15)16)19-11(8)17/h1-5H,17H2. The lowest BCUT2D eigenvalue weighted by Crippen LogP contribution is -2.04. The Morgan fingerprint density at radius 2 is 1.95 bits per heavy atom. The number of carbonyl (C=O) groups is 1. The van der Waals surface area contributed by atoms with Crippen LogP contribution in [0.2, 0.25) is 0 Å². The summed E-state index contributed by atoms with van der Waals surface area (Å²) in [6.45, 7) is 0. The Balaban J connectivity index is 2.43. The first-order chi connectivity index (χ1) is 8.79. The number of nitrogens with two attached hydrogens (primary N) is 1. The van der Waals surface area contributed by atoms with Crippen molar-refractivity contribution in [3.05, 3.63) is 51.7 Å². The Hall–Kier alpha value is -1.76. The van der Waals surface area contributed by atoms with Gasteiger partial charge in [0, 0.05) is 16.1 Å². The van der Waals surface area contributed by atoms with Gasteiger partial charge in [0.2, 0.25) is 11.6 Å². The minimum atomic E-state index is -4.68. The third kappa shape index (κ3) is 2.81. The number of rotatable bonds is 2. The molecule has 0 unspecified atom stereocenters. The molecule has 2 N–H and O–H groups in total. The van der Waals surface area contributed by atoms with Crippen molar-refractivity contribution in [1.82, 2.24) is 0 Å². The summed E-state index contributed by atoms with van der Waals surface area (Å²) in [6, 6.07) is 6.86. The molecule has 0 amide bonds. The van der Waals surface area contributed by atoms with Gasteiger partial charge in [0.25, 0.3) is 0 Å². The molecule has 19 heavy (non-hydrogen) atoms. The number of hydrogen-bond acceptors (Lipinski definition) is 3. The molecule has 0 aliphatic carbocycles. The number of ketones is 1. The zero-order valence-corrected chi connectivity index (χ0v) is 10.9. The van der Waals surface area contributed by atoms with E-state index in [1.807, 2.05) is 0 Å². The number of benzene rings is 1. The molecule has 0 saturated heterocycles. The average molecular weight is 334 g/mol. The summed E-state index contributed by atoms with van der Waals surface area (Å²) in [5.41, 5.74) is 5.23. The molecule has 0 aliphatic rings. The van der Waals surface area contributed by atoms with Crippen LogP contribution in [0.5, 0.6) is 0 Å². The van der Waals surface area contributed by atoms with Crippen LogP contribution in [0, 0.1) is 0 Å². The molecule has 2 aromatic rings. The van der Waals surface area contributed by atoms with Gasteiger partial charge >= 0.3 is 6.18 Å². The Bertz CT molecular complexity index is 634. The number of halogens is 4. The van der Waals surface area contributed by atoms with E-state index < -0.39 is 23.6 Å². The fourth-order valence-corrected chi connectivity index (χ4v) is 1.91. The second-order valence-corrected chi connectivity index (χ2v) is 4.64. The average Bonchev–Trinajstić information content (AvgIpc) is 2.70. The first-order valence-corrected chi connectivity index (χ1v) is 5.85. The Morgan fingerprint density at radius 1 is 1.26 bits per heavy atom. The highest BCUT2D eigenvalue weighted by Gasteiger charge is 2.37. The fourth-order valence-electron chi connectivity index (χ4n) is 1.51. The smallest absolute Gasteiger partial charge is 0.436 e. The highest BCUT2D eigenvalue weighted by Crippen LogP contribution is 2.34. The van der Waals surface area contributed by atoms with E-state index in [2.05, 4.69) is 20.3 Å². The molecule has 1 aromatic heterocycles.